The highest BCUT2D eigenvalue weighted by Crippen LogP contribution is 2.20. The minimum Gasteiger partial charge on any atom is -0.465 e. The Kier molecular flexibility index (Phi) is 2.51. The van der Waals surface area contributed by atoms with E-state index in [-0.39, 0.29) is 12.5 Å². The number of aromatic nitrogens is 2. The molecule has 0 aromatic carbocycles. The highest BCUT2D eigenvalue weighted by molar-refractivity contribution is 5.89. The molecule has 0 saturated carbocycles. The van der Waals surface area contributed by atoms with Gasteiger partial charge < -0.3 is 15.3 Å². The maximum Gasteiger partial charge on any atom is 0.407 e. The predicted molar refractivity (Wildman–Crippen MR) is 55.0 cm³/mol. The molecule has 0 fully saturated rings. The van der Waals surface area contributed by atoms with Crippen LogP contribution in [0.25, 0.3) is 0 Å². The maximum absolute atomic E-state index is 10.9. The average molecular weight is 224 g/mol. The lowest BCUT2D eigenvalue weighted by atomic mass is 10.3. The Bertz CT molecular complexity index is 440. The molecule has 86 valence electrons. The largest absolute Gasteiger partial charge is 0.465 e. The predicted octanol–water partition coefficient (Wildman–Crippen LogP) is 0.335. The standard InChI is InChI=1S/C9H12N4O3/c1-6(14)11-7-4-10-13-3-2-12(9(15)16)5-8(7)13/h4H,2-3,5H2,1H3,(H,11,14)(H,15,16). The van der Waals surface area contributed by atoms with Gasteiger partial charge in [0, 0.05) is 13.5 Å². The van der Waals surface area contributed by atoms with Gasteiger partial charge in [0.1, 0.15) is 0 Å². The van der Waals surface area contributed by atoms with Crippen molar-refractivity contribution in [2.45, 2.75) is 20.0 Å². The molecule has 0 aliphatic carbocycles. The van der Waals surface area contributed by atoms with E-state index in [1.807, 2.05) is 0 Å². The maximum atomic E-state index is 10.9. The summed E-state index contributed by atoms with van der Waals surface area (Å²) in [6.45, 7) is 2.59. The number of nitrogens with one attached hydrogen (secondary N) is 1. The number of carbonyl (C=O) groups is 2. The molecule has 2 amide bonds. The van der Waals surface area contributed by atoms with E-state index in [0.29, 0.717) is 18.8 Å². The molecule has 0 unspecified atom stereocenters. The van der Waals surface area contributed by atoms with Gasteiger partial charge in [-0.3, -0.25) is 9.48 Å². The lowest BCUT2D eigenvalue weighted by Crippen LogP contribution is -2.37. The third-order valence-electron chi connectivity index (χ3n) is 2.45. The Morgan fingerprint density at radius 3 is 2.88 bits per heavy atom. The van der Waals surface area contributed by atoms with Crippen LogP contribution in [-0.4, -0.2) is 38.3 Å². The Morgan fingerprint density at radius 1 is 1.50 bits per heavy atom. The van der Waals surface area contributed by atoms with Crippen LogP contribution in [0.3, 0.4) is 0 Å². The monoisotopic (exact) mass is 224 g/mol. The van der Waals surface area contributed by atoms with E-state index >= 15 is 0 Å². The van der Waals surface area contributed by atoms with Crippen LogP contribution in [0.1, 0.15) is 12.6 Å². The van der Waals surface area contributed by atoms with Gasteiger partial charge >= 0.3 is 6.09 Å². The molecule has 0 radical (unpaired) electrons. The number of rotatable bonds is 1. The number of fused-ring (bicyclic) bond motifs is 1. The molecule has 2 N–H and O–H groups in total. The smallest absolute Gasteiger partial charge is 0.407 e. The van der Waals surface area contributed by atoms with Crippen LogP contribution in [0.2, 0.25) is 0 Å². The Morgan fingerprint density at radius 2 is 2.25 bits per heavy atom. The van der Waals surface area contributed by atoms with Gasteiger partial charge in [0.05, 0.1) is 30.7 Å². The number of hydrogen-bond donors (Lipinski definition) is 2. The van der Waals surface area contributed by atoms with Crippen LogP contribution in [0.5, 0.6) is 0 Å². The zero-order valence-corrected chi connectivity index (χ0v) is 8.80. The Labute approximate surface area is 91.6 Å². The number of carbonyl (C=O) groups excluding carboxylic acids is 1. The number of nitrogens with zero attached hydrogens (tertiary/aromatic N) is 3. The van der Waals surface area contributed by atoms with Crippen LogP contribution in [0.15, 0.2) is 6.20 Å². The summed E-state index contributed by atoms with van der Waals surface area (Å²) in [6.07, 6.45) is 0.587. The van der Waals surface area contributed by atoms with Crippen molar-refractivity contribution in [2.75, 3.05) is 11.9 Å². The summed E-state index contributed by atoms with van der Waals surface area (Å²) in [5, 5.41) is 15.6. The van der Waals surface area contributed by atoms with E-state index < -0.39 is 6.09 Å². The summed E-state index contributed by atoms with van der Waals surface area (Å²) >= 11 is 0. The minimum atomic E-state index is -0.957. The minimum absolute atomic E-state index is 0.191. The van der Waals surface area contributed by atoms with Crippen molar-refractivity contribution in [2.24, 2.45) is 0 Å². The highest BCUT2D eigenvalue weighted by Gasteiger charge is 2.23. The van der Waals surface area contributed by atoms with E-state index in [0.717, 1.165) is 5.69 Å². The fourth-order valence-corrected chi connectivity index (χ4v) is 1.70. The van der Waals surface area contributed by atoms with Gasteiger partial charge in [0.25, 0.3) is 0 Å². The molecule has 0 atom stereocenters. The average Bonchev–Trinajstić information content (AvgIpc) is 2.60. The summed E-state index contributed by atoms with van der Waals surface area (Å²) in [6, 6.07) is 0. The SMILES string of the molecule is CC(=O)Nc1cnn2c1CN(C(=O)O)CC2. The van der Waals surface area contributed by atoms with E-state index in [2.05, 4.69) is 10.4 Å². The van der Waals surface area contributed by atoms with Crippen LogP contribution < -0.4 is 5.32 Å². The highest BCUT2D eigenvalue weighted by atomic mass is 16.4. The third-order valence-corrected chi connectivity index (χ3v) is 2.45. The summed E-state index contributed by atoms with van der Waals surface area (Å²) in [7, 11) is 0. The molecule has 1 aliphatic rings. The van der Waals surface area contributed by atoms with Gasteiger partial charge in [-0.05, 0) is 0 Å². The van der Waals surface area contributed by atoms with Gasteiger partial charge in [0.15, 0.2) is 0 Å². The second kappa shape index (κ2) is 3.84. The van der Waals surface area contributed by atoms with Gasteiger partial charge in [-0.25, -0.2) is 4.79 Å². The van der Waals surface area contributed by atoms with Gasteiger partial charge in [0.2, 0.25) is 5.91 Å². The molecule has 7 heteroatoms. The summed E-state index contributed by atoms with van der Waals surface area (Å²) in [4.78, 5) is 23.1. The topological polar surface area (TPSA) is 87.5 Å². The first kappa shape index (κ1) is 10.5. The molecular weight excluding hydrogens is 212 g/mol. The van der Waals surface area contributed by atoms with Crippen LogP contribution in [0, 0.1) is 0 Å². The van der Waals surface area contributed by atoms with E-state index in [4.69, 9.17) is 5.11 Å². The second-order valence-corrected chi connectivity index (χ2v) is 3.61. The van der Waals surface area contributed by atoms with E-state index in [1.54, 1.807) is 10.9 Å². The fraction of sp³-hybridized carbons (Fsp3) is 0.444. The molecule has 2 heterocycles. The zero-order chi connectivity index (χ0) is 11.7. The molecule has 1 aromatic heterocycles. The molecule has 1 aromatic rings. The van der Waals surface area contributed by atoms with Crippen molar-refractivity contribution >= 4 is 17.7 Å². The van der Waals surface area contributed by atoms with Crippen molar-refractivity contribution in [3.05, 3.63) is 11.9 Å². The lowest BCUT2D eigenvalue weighted by Gasteiger charge is -2.25. The first-order valence-corrected chi connectivity index (χ1v) is 4.88. The normalized spacial score (nSPS) is 14.4. The molecule has 0 saturated heterocycles. The number of amides is 2. The lowest BCUT2D eigenvalue weighted by molar-refractivity contribution is -0.114. The first-order valence-electron chi connectivity index (χ1n) is 4.88. The molecule has 7 nitrogen and oxygen atoms in total. The van der Waals surface area contributed by atoms with Crippen molar-refractivity contribution in [1.82, 2.24) is 14.7 Å². The first-order chi connectivity index (χ1) is 7.58. The van der Waals surface area contributed by atoms with Crippen LogP contribution >= 0.6 is 0 Å². The molecule has 1 aliphatic heterocycles. The Balaban J connectivity index is 2.24. The van der Waals surface area contributed by atoms with Crippen LogP contribution in [-0.2, 0) is 17.9 Å². The van der Waals surface area contributed by atoms with E-state index in [9.17, 15) is 9.59 Å². The van der Waals surface area contributed by atoms with E-state index in [1.165, 1.54) is 11.8 Å². The number of carboxylic acid groups (broad SMARTS) is 1. The molecule has 0 spiro atoms. The third kappa shape index (κ3) is 1.83. The molecule has 0 bridgehead atoms. The summed E-state index contributed by atoms with van der Waals surface area (Å²) in [5.74, 6) is -0.191. The van der Waals surface area contributed by atoms with Crippen molar-refractivity contribution < 1.29 is 14.7 Å². The number of hydrogen-bond acceptors (Lipinski definition) is 3. The van der Waals surface area contributed by atoms with Crippen LogP contribution in [0.4, 0.5) is 10.5 Å². The summed E-state index contributed by atoms with van der Waals surface area (Å²) < 4.78 is 1.71. The number of anilines is 1. The van der Waals surface area contributed by atoms with Crippen molar-refractivity contribution in [3.63, 3.8) is 0 Å². The van der Waals surface area contributed by atoms with Gasteiger partial charge in [-0.15, -0.1) is 0 Å². The van der Waals surface area contributed by atoms with Crippen molar-refractivity contribution in [1.29, 1.82) is 0 Å². The zero-order valence-electron chi connectivity index (χ0n) is 8.80. The second-order valence-electron chi connectivity index (χ2n) is 3.61. The Hall–Kier alpha value is -2.05. The fourth-order valence-electron chi connectivity index (χ4n) is 1.70. The van der Waals surface area contributed by atoms with Crippen molar-refractivity contribution in [3.8, 4) is 0 Å². The summed E-state index contributed by atoms with van der Waals surface area (Å²) in [5.41, 5.74) is 1.31. The molecular formula is C9H12N4O3. The molecule has 16 heavy (non-hydrogen) atoms. The molecule has 2 rings (SSSR count). The quantitative estimate of drug-likeness (QED) is 0.719. The van der Waals surface area contributed by atoms with Gasteiger partial charge in [-0.2, -0.15) is 5.10 Å². The van der Waals surface area contributed by atoms with Gasteiger partial charge in [-0.1, -0.05) is 0 Å².